The molecule has 0 radical (unpaired) electrons. The Balaban J connectivity index is 1.69. The maximum atomic E-state index is 11.9. The normalized spacial score (nSPS) is 26.1. The molecule has 0 aromatic heterocycles. The van der Waals surface area contributed by atoms with Crippen molar-refractivity contribution in [3.8, 4) is 5.75 Å². The van der Waals surface area contributed by atoms with E-state index in [1.54, 1.807) is 0 Å². The third-order valence-electron chi connectivity index (χ3n) is 3.67. The average molecular weight is 277 g/mol. The molecule has 0 aliphatic heterocycles. The van der Waals surface area contributed by atoms with E-state index in [0.29, 0.717) is 16.9 Å². The molecule has 2 atom stereocenters. The van der Waals surface area contributed by atoms with Gasteiger partial charge in [-0.2, -0.15) is 5.10 Å². The van der Waals surface area contributed by atoms with Crippen LogP contribution in [0.2, 0.25) is 5.02 Å². The highest BCUT2D eigenvalue weighted by atomic mass is 35.5. The number of hydrogen-bond acceptors (Lipinski definition) is 3. The van der Waals surface area contributed by atoms with Crippen LogP contribution in [-0.2, 0) is 0 Å². The minimum absolute atomic E-state index is 0.101. The van der Waals surface area contributed by atoms with Crippen LogP contribution in [0.25, 0.3) is 0 Å². The van der Waals surface area contributed by atoms with Crippen LogP contribution in [0.5, 0.6) is 5.75 Å². The molecule has 2 N–H and O–H groups in total. The summed E-state index contributed by atoms with van der Waals surface area (Å²) in [5.74, 6) is 0.501. The van der Waals surface area contributed by atoms with Gasteiger partial charge in [-0.1, -0.05) is 23.8 Å². The maximum Gasteiger partial charge on any atom is 0.275 e. The second-order valence-electron chi connectivity index (χ2n) is 4.84. The number of fused-ring (bicyclic) bond motifs is 1. The highest BCUT2D eigenvalue weighted by Gasteiger charge is 2.38. The predicted molar refractivity (Wildman–Crippen MR) is 73.4 cm³/mol. The first-order valence-corrected chi connectivity index (χ1v) is 6.55. The van der Waals surface area contributed by atoms with Gasteiger partial charge in [0.1, 0.15) is 5.75 Å². The van der Waals surface area contributed by atoms with Crippen LogP contribution in [0.3, 0.4) is 0 Å². The zero-order valence-corrected chi connectivity index (χ0v) is 10.9. The Hall–Kier alpha value is -1.81. The number of amides is 1. The van der Waals surface area contributed by atoms with Crippen molar-refractivity contribution in [1.29, 1.82) is 0 Å². The molecule has 19 heavy (non-hydrogen) atoms. The molecule has 3 rings (SSSR count). The van der Waals surface area contributed by atoms with E-state index in [1.807, 2.05) is 0 Å². The predicted octanol–water partition coefficient (Wildman–Crippen LogP) is 2.73. The fourth-order valence-electron chi connectivity index (χ4n) is 2.54. The number of benzene rings is 1. The summed E-state index contributed by atoms with van der Waals surface area (Å²) in [4.78, 5) is 11.9. The topological polar surface area (TPSA) is 61.7 Å². The molecular formula is C14H13ClN2O2. The number of carbonyl (C=O) groups excluding carboxylic acids is 1. The number of phenols is 1. The minimum Gasteiger partial charge on any atom is -0.507 e. The summed E-state index contributed by atoms with van der Waals surface area (Å²) in [6.07, 6.45) is 6.27. The standard InChI is InChI=1S/C14H13ClN2O2/c15-9-4-5-13(18)11(7-9)14(19)17-16-12-6-8-2-1-3-10(8)12/h1-2,4-5,7-8,10,18H,3,6H2,(H,17,19). The fraction of sp³-hybridized carbons (Fsp3) is 0.286. The Labute approximate surface area is 115 Å². The van der Waals surface area contributed by atoms with Crippen LogP contribution >= 0.6 is 11.6 Å². The van der Waals surface area contributed by atoms with Crippen LogP contribution in [0.1, 0.15) is 23.2 Å². The van der Waals surface area contributed by atoms with Crippen molar-refractivity contribution in [3.05, 3.63) is 40.9 Å². The Morgan fingerprint density at radius 3 is 3.11 bits per heavy atom. The molecule has 0 spiro atoms. The monoisotopic (exact) mass is 276 g/mol. The average Bonchev–Trinajstić information content (AvgIpc) is 2.74. The van der Waals surface area contributed by atoms with E-state index in [-0.39, 0.29) is 11.3 Å². The Kier molecular flexibility index (Phi) is 3.03. The van der Waals surface area contributed by atoms with Crippen molar-refractivity contribution in [2.75, 3.05) is 0 Å². The number of nitrogens with one attached hydrogen (secondary N) is 1. The first kappa shape index (κ1) is 12.2. The molecule has 4 nitrogen and oxygen atoms in total. The smallest absolute Gasteiger partial charge is 0.275 e. The third-order valence-corrected chi connectivity index (χ3v) is 3.90. The Bertz CT molecular complexity index is 595. The van der Waals surface area contributed by atoms with E-state index in [9.17, 15) is 9.90 Å². The van der Waals surface area contributed by atoms with Crippen molar-refractivity contribution >= 4 is 23.2 Å². The van der Waals surface area contributed by atoms with Crippen LogP contribution in [0.15, 0.2) is 35.5 Å². The summed E-state index contributed by atoms with van der Waals surface area (Å²) < 4.78 is 0. The van der Waals surface area contributed by atoms with Gasteiger partial charge in [0.2, 0.25) is 0 Å². The molecule has 1 saturated carbocycles. The fourth-order valence-corrected chi connectivity index (χ4v) is 2.71. The second kappa shape index (κ2) is 4.70. The lowest BCUT2D eigenvalue weighted by molar-refractivity contribution is 0.0951. The summed E-state index contributed by atoms with van der Waals surface area (Å²) in [6, 6.07) is 4.35. The molecule has 2 aliphatic carbocycles. The third kappa shape index (κ3) is 2.24. The molecule has 0 saturated heterocycles. The van der Waals surface area contributed by atoms with E-state index < -0.39 is 5.91 Å². The summed E-state index contributed by atoms with van der Waals surface area (Å²) in [6.45, 7) is 0. The van der Waals surface area contributed by atoms with Gasteiger partial charge in [-0.3, -0.25) is 4.79 Å². The second-order valence-corrected chi connectivity index (χ2v) is 5.28. The van der Waals surface area contributed by atoms with Gasteiger partial charge >= 0.3 is 0 Å². The highest BCUT2D eigenvalue weighted by molar-refractivity contribution is 6.31. The van der Waals surface area contributed by atoms with Gasteiger partial charge in [-0.15, -0.1) is 0 Å². The molecule has 1 aromatic rings. The van der Waals surface area contributed by atoms with Gasteiger partial charge in [-0.25, -0.2) is 5.43 Å². The van der Waals surface area contributed by atoms with E-state index in [1.165, 1.54) is 18.2 Å². The quantitative estimate of drug-likeness (QED) is 0.644. The molecule has 5 heteroatoms. The van der Waals surface area contributed by atoms with Crippen molar-refractivity contribution < 1.29 is 9.90 Å². The van der Waals surface area contributed by atoms with Gasteiger partial charge in [0, 0.05) is 16.7 Å². The van der Waals surface area contributed by atoms with Crippen LogP contribution in [-0.4, -0.2) is 16.7 Å². The van der Waals surface area contributed by atoms with Crippen molar-refractivity contribution in [1.82, 2.24) is 5.43 Å². The number of hydrogen-bond donors (Lipinski definition) is 2. The van der Waals surface area contributed by atoms with Gasteiger partial charge in [0.15, 0.2) is 0 Å². The number of aromatic hydroxyl groups is 1. The molecule has 98 valence electrons. The summed E-state index contributed by atoms with van der Waals surface area (Å²) >= 11 is 5.80. The zero-order chi connectivity index (χ0) is 13.4. The Morgan fingerprint density at radius 1 is 1.47 bits per heavy atom. The van der Waals surface area contributed by atoms with E-state index in [4.69, 9.17) is 11.6 Å². The molecule has 1 aromatic carbocycles. The van der Waals surface area contributed by atoms with Crippen molar-refractivity contribution in [2.45, 2.75) is 12.8 Å². The van der Waals surface area contributed by atoms with Gasteiger partial charge < -0.3 is 5.11 Å². The molecule has 2 aliphatic rings. The number of halogens is 1. The summed E-state index contributed by atoms with van der Waals surface area (Å²) in [5, 5.41) is 14.2. The van der Waals surface area contributed by atoms with E-state index >= 15 is 0 Å². The van der Waals surface area contributed by atoms with Crippen molar-refractivity contribution in [3.63, 3.8) is 0 Å². The SMILES string of the molecule is O=C(NN=C1CC2C=CCC12)c1cc(Cl)ccc1O. The van der Waals surface area contributed by atoms with Gasteiger partial charge in [0.05, 0.1) is 5.56 Å². The van der Waals surface area contributed by atoms with E-state index in [0.717, 1.165) is 18.6 Å². The summed E-state index contributed by atoms with van der Waals surface area (Å²) in [5.41, 5.74) is 3.64. The highest BCUT2D eigenvalue weighted by Crippen LogP contribution is 2.40. The van der Waals surface area contributed by atoms with Crippen LogP contribution < -0.4 is 5.43 Å². The van der Waals surface area contributed by atoms with Gasteiger partial charge in [0.25, 0.3) is 5.91 Å². The molecular weight excluding hydrogens is 264 g/mol. The molecule has 0 heterocycles. The molecule has 1 amide bonds. The summed E-state index contributed by atoms with van der Waals surface area (Å²) in [7, 11) is 0. The van der Waals surface area contributed by atoms with Gasteiger partial charge in [-0.05, 0) is 37.0 Å². The largest absolute Gasteiger partial charge is 0.507 e. The molecule has 2 unspecified atom stereocenters. The molecule has 0 bridgehead atoms. The lowest BCUT2D eigenvalue weighted by Crippen LogP contribution is -2.35. The van der Waals surface area contributed by atoms with E-state index in [2.05, 4.69) is 22.7 Å². The number of nitrogens with zero attached hydrogens (tertiary/aromatic N) is 1. The first-order chi connectivity index (χ1) is 9.15. The zero-order valence-electron chi connectivity index (χ0n) is 10.1. The van der Waals surface area contributed by atoms with Crippen LogP contribution in [0, 0.1) is 11.8 Å². The first-order valence-electron chi connectivity index (χ1n) is 6.17. The van der Waals surface area contributed by atoms with Crippen LogP contribution in [0.4, 0.5) is 0 Å². The number of hydrazone groups is 1. The lowest BCUT2D eigenvalue weighted by atomic mass is 9.74. The number of rotatable bonds is 2. The minimum atomic E-state index is -0.443. The Morgan fingerprint density at radius 2 is 2.32 bits per heavy atom. The lowest BCUT2D eigenvalue weighted by Gasteiger charge is -2.31. The number of carbonyl (C=O) groups is 1. The number of phenolic OH excluding ortho intramolecular Hbond substituents is 1. The molecule has 1 fully saturated rings. The maximum absolute atomic E-state index is 11.9. The van der Waals surface area contributed by atoms with Crippen molar-refractivity contribution in [2.24, 2.45) is 16.9 Å². The number of allylic oxidation sites excluding steroid dienone is 2.